The number of benzene rings is 2. The molecule has 4 nitrogen and oxygen atoms in total. The Balaban J connectivity index is 1.55. The minimum atomic E-state index is -0.224. The number of halogens is 2. The van der Waals surface area contributed by atoms with Crippen LogP contribution < -0.4 is 10.2 Å². The molecule has 0 saturated carbocycles. The van der Waals surface area contributed by atoms with Crippen molar-refractivity contribution >= 4 is 28.9 Å². The average Bonchev–Trinajstić information content (AvgIpc) is 2.85. The molecule has 1 N–H and O–H groups in total. The molecular formula is C20H23ClFN3O. The van der Waals surface area contributed by atoms with Crippen molar-refractivity contribution in [3.63, 3.8) is 0 Å². The van der Waals surface area contributed by atoms with E-state index in [2.05, 4.69) is 15.1 Å². The summed E-state index contributed by atoms with van der Waals surface area (Å²) in [6.45, 7) is 5.61. The van der Waals surface area contributed by atoms with E-state index in [0.717, 1.165) is 49.5 Å². The van der Waals surface area contributed by atoms with Gasteiger partial charge in [0.1, 0.15) is 5.82 Å². The van der Waals surface area contributed by atoms with Gasteiger partial charge in [0.2, 0.25) is 5.91 Å². The normalized spacial score (nSPS) is 15.6. The molecule has 0 aromatic heterocycles. The van der Waals surface area contributed by atoms with Crippen molar-refractivity contribution in [3.8, 4) is 0 Å². The number of hydrogen-bond donors (Lipinski definition) is 1. The maximum Gasteiger partial charge on any atom is 0.238 e. The van der Waals surface area contributed by atoms with Crippen LogP contribution >= 0.6 is 11.6 Å². The second-order valence-corrected chi connectivity index (χ2v) is 6.96. The van der Waals surface area contributed by atoms with Crippen LogP contribution in [0.4, 0.5) is 15.8 Å². The molecule has 26 heavy (non-hydrogen) atoms. The highest BCUT2D eigenvalue weighted by Gasteiger charge is 2.18. The van der Waals surface area contributed by atoms with Crippen molar-refractivity contribution in [2.75, 3.05) is 42.9 Å². The zero-order valence-electron chi connectivity index (χ0n) is 14.8. The summed E-state index contributed by atoms with van der Waals surface area (Å²) in [4.78, 5) is 16.8. The third-order valence-electron chi connectivity index (χ3n) is 4.69. The minimum Gasteiger partial charge on any atom is -0.370 e. The molecule has 0 aliphatic carbocycles. The molecule has 0 spiro atoms. The molecule has 1 saturated heterocycles. The van der Waals surface area contributed by atoms with Crippen LogP contribution in [-0.4, -0.2) is 43.5 Å². The van der Waals surface area contributed by atoms with Crippen molar-refractivity contribution < 1.29 is 9.18 Å². The number of rotatable bonds is 4. The van der Waals surface area contributed by atoms with Crippen molar-refractivity contribution in [2.45, 2.75) is 13.3 Å². The van der Waals surface area contributed by atoms with Gasteiger partial charge in [0, 0.05) is 42.6 Å². The van der Waals surface area contributed by atoms with Gasteiger partial charge in [-0.25, -0.2) is 4.39 Å². The molecule has 0 unspecified atom stereocenters. The highest BCUT2D eigenvalue weighted by molar-refractivity contribution is 6.31. The molecule has 2 aromatic rings. The van der Waals surface area contributed by atoms with Crippen molar-refractivity contribution in [1.82, 2.24) is 4.90 Å². The van der Waals surface area contributed by atoms with Crippen LogP contribution in [0.3, 0.4) is 0 Å². The summed E-state index contributed by atoms with van der Waals surface area (Å²) in [6.07, 6.45) is 0.959. The highest BCUT2D eigenvalue weighted by atomic mass is 35.5. The van der Waals surface area contributed by atoms with Crippen LogP contribution in [0.5, 0.6) is 0 Å². The van der Waals surface area contributed by atoms with Gasteiger partial charge in [0.15, 0.2) is 0 Å². The Morgan fingerprint density at radius 2 is 1.88 bits per heavy atom. The van der Waals surface area contributed by atoms with Crippen LogP contribution in [0.15, 0.2) is 42.5 Å². The Morgan fingerprint density at radius 3 is 2.65 bits per heavy atom. The zero-order chi connectivity index (χ0) is 18.5. The average molecular weight is 376 g/mol. The Labute approximate surface area is 158 Å². The van der Waals surface area contributed by atoms with E-state index in [9.17, 15) is 9.18 Å². The summed E-state index contributed by atoms with van der Waals surface area (Å²) < 4.78 is 13.1. The van der Waals surface area contributed by atoms with E-state index in [1.807, 2.05) is 25.1 Å². The predicted molar refractivity (Wildman–Crippen MR) is 104 cm³/mol. The second-order valence-electron chi connectivity index (χ2n) is 6.55. The van der Waals surface area contributed by atoms with E-state index in [-0.39, 0.29) is 11.7 Å². The lowest BCUT2D eigenvalue weighted by molar-refractivity contribution is -0.117. The van der Waals surface area contributed by atoms with Crippen LogP contribution in [-0.2, 0) is 4.79 Å². The van der Waals surface area contributed by atoms with E-state index in [1.165, 1.54) is 12.1 Å². The fourth-order valence-corrected chi connectivity index (χ4v) is 3.35. The first-order chi connectivity index (χ1) is 12.5. The summed E-state index contributed by atoms with van der Waals surface area (Å²) in [5.74, 6) is -0.260. The molecule has 1 amide bonds. The van der Waals surface area contributed by atoms with Crippen molar-refractivity contribution in [3.05, 3.63) is 58.9 Å². The maximum absolute atomic E-state index is 13.1. The molecular weight excluding hydrogens is 353 g/mol. The molecule has 1 heterocycles. The van der Waals surface area contributed by atoms with E-state index in [0.29, 0.717) is 11.6 Å². The second kappa shape index (κ2) is 8.52. The standard InChI is InChI=1S/C20H23ClFN3O/c1-15-18(21)4-2-5-19(15)23-20(26)14-24-10-3-11-25(13-12-24)17-8-6-16(22)7-9-17/h2,4-9H,3,10-14H2,1H3,(H,23,26). The molecule has 0 bridgehead atoms. The quantitative estimate of drug-likeness (QED) is 0.879. The van der Waals surface area contributed by atoms with Gasteiger partial charge in [0.05, 0.1) is 6.54 Å². The van der Waals surface area contributed by atoms with Gasteiger partial charge < -0.3 is 10.2 Å². The Hall–Kier alpha value is -2.11. The number of carbonyl (C=O) groups is 1. The van der Waals surface area contributed by atoms with Crippen LogP contribution in [0.25, 0.3) is 0 Å². The minimum absolute atomic E-state index is 0.0365. The summed E-state index contributed by atoms with van der Waals surface area (Å²) >= 11 is 6.10. The Bertz CT molecular complexity index is 766. The van der Waals surface area contributed by atoms with Crippen LogP contribution in [0.2, 0.25) is 5.02 Å². The van der Waals surface area contributed by atoms with E-state index in [1.54, 1.807) is 12.1 Å². The molecule has 1 fully saturated rings. The summed E-state index contributed by atoms with van der Waals surface area (Å²) in [5.41, 5.74) is 2.65. The fourth-order valence-electron chi connectivity index (χ4n) is 3.17. The Kier molecular flexibility index (Phi) is 6.12. The monoisotopic (exact) mass is 375 g/mol. The van der Waals surface area contributed by atoms with Gasteiger partial charge in [-0.1, -0.05) is 17.7 Å². The molecule has 2 aromatic carbocycles. The SMILES string of the molecule is Cc1c(Cl)cccc1NC(=O)CN1CCCN(c2ccc(F)cc2)CC1. The van der Waals surface area contributed by atoms with Gasteiger partial charge in [0.25, 0.3) is 0 Å². The van der Waals surface area contributed by atoms with Gasteiger partial charge in [-0.2, -0.15) is 0 Å². The van der Waals surface area contributed by atoms with Crippen LogP contribution in [0, 0.1) is 12.7 Å². The van der Waals surface area contributed by atoms with E-state index >= 15 is 0 Å². The smallest absolute Gasteiger partial charge is 0.238 e. The lowest BCUT2D eigenvalue weighted by Gasteiger charge is -2.23. The molecule has 6 heteroatoms. The molecule has 0 radical (unpaired) electrons. The zero-order valence-corrected chi connectivity index (χ0v) is 15.6. The molecule has 3 rings (SSSR count). The predicted octanol–water partition coefficient (Wildman–Crippen LogP) is 3.94. The Morgan fingerprint density at radius 1 is 1.12 bits per heavy atom. The first kappa shape index (κ1) is 18.7. The third-order valence-corrected chi connectivity index (χ3v) is 5.10. The van der Waals surface area contributed by atoms with Gasteiger partial charge in [-0.05, 0) is 55.3 Å². The van der Waals surface area contributed by atoms with Gasteiger partial charge >= 0.3 is 0 Å². The number of amides is 1. The van der Waals surface area contributed by atoms with Gasteiger partial charge in [-0.3, -0.25) is 9.69 Å². The van der Waals surface area contributed by atoms with Crippen molar-refractivity contribution in [2.24, 2.45) is 0 Å². The van der Waals surface area contributed by atoms with Crippen LogP contribution in [0.1, 0.15) is 12.0 Å². The maximum atomic E-state index is 13.1. The number of nitrogens with zero attached hydrogens (tertiary/aromatic N) is 2. The third kappa shape index (κ3) is 4.74. The first-order valence-corrected chi connectivity index (χ1v) is 9.18. The summed E-state index contributed by atoms with van der Waals surface area (Å²) in [6, 6.07) is 12.1. The van der Waals surface area contributed by atoms with Crippen molar-refractivity contribution in [1.29, 1.82) is 0 Å². The number of carbonyl (C=O) groups excluding carboxylic acids is 1. The lowest BCUT2D eigenvalue weighted by Crippen LogP contribution is -2.36. The molecule has 138 valence electrons. The number of nitrogens with one attached hydrogen (secondary N) is 1. The van der Waals surface area contributed by atoms with E-state index < -0.39 is 0 Å². The molecule has 1 aliphatic rings. The highest BCUT2D eigenvalue weighted by Crippen LogP contribution is 2.23. The number of hydrogen-bond acceptors (Lipinski definition) is 3. The molecule has 0 atom stereocenters. The summed E-state index contributed by atoms with van der Waals surface area (Å²) in [5, 5.41) is 3.59. The largest absolute Gasteiger partial charge is 0.370 e. The van der Waals surface area contributed by atoms with E-state index in [4.69, 9.17) is 11.6 Å². The van der Waals surface area contributed by atoms with Gasteiger partial charge in [-0.15, -0.1) is 0 Å². The lowest BCUT2D eigenvalue weighted by atomic mass is 10.2. The number of anilines is 2. The molecule has 1 aliphatic heterocycles. The fraction of sp³-hybridized carbons (Fsp3) is 0.350. The topological polar surface area (TPSA) is 35.6 Å². The first-order valence-electron chi connectivity index (χ1n) is 8.81. The summed E-state index contributed by atoms with van der Waals surface area (Å²) in [7, 11) is 0.